The van der Waals surface area contributed by atoms with Gasteiger partial charge in [0.1, 0.15) is 6.23 Å². The molecule has 0 saturated heterocycles. The maximum absolute atomic E-state index is 9.04. The number of hydrogen-bond acceptors (Lipinski definition) is 4. The topological polar surface area (TPSA) is 86.7 Å². The lowest BCUT2D eigenvalue weighted by atomic mass is 10.1. The Morgan fingerprint density at radius 1 is 1.23 bits per heavy atom. The van der Waals surface area contributed by atoms with Crippen LogP contribution in [0.1, 0.15) is 5.56 Å². The van der Waals surface area contributed by atoms with Gasteiger partial charge in [0.05, 0.1) is 0 Å². The summed E-state index contributed by atoms with van der Waals surface area (Å²) >= 11 is 0. The van der Waals surface area contributed by atoms with Gasteiger partial charge in [-0.15, -0.1) is 17.0 Å². The van der Waals surface area contributed by atoms with Crippen LogP contribution in [0.2, 0.25) is 0 Å². The van der Waals surface area contributed by atoms with Crippen molar-refractivity contribution >= 4 is 17.0 Å². The van der Waals surface area contributed by atoms with Crippen molar-refractivity contribution in [3.8, 4) is 11.5 Å². The molecule has 1 aromatic carbocycles. The number of rotatable bonds is 2. The number of phenols is 2. The molecule has 0 aliphatic carbocycles. The summed E-state index contributed by atoms with van der Waals surface area (Å²) in [4.78, 5) is 0. The van der Waals surface area contributed by atoms with E-state index in [9.17, 15) is 0 Å². The smallest absolute Gasteiger partial charge is 0.157 e. The summed E-state index contributed by atoms with van der Waals surface area (Å²) in [7, 11) is 0. The van der Waals surface area contributed by atoms with Crippen LogP contribution in [0.5, 0.6) is 11.5 Å². The molecule has 0 amide bonds. The first kappa shape index (κ1) is 12.2. The first-order valence-electron chi connectivity index (χ1n) is 3.54. The average molecular weight is 250 g/mol. The molecule has 0 aliphatic heterocycles. The molecule has 0 aliphatic rings. The standard InChI is InChI=1S/C8H11NO3.BrH/c9-8(12)4-5-1-2-6(10)7(11)3-5;/h1-3,8,10-12H,4,9H2;1H. The van der Waals surface area contributed by atoms with Crippen molar-refractivity contribution in [1.82, 2.24) is 0 Å². The number of aliphatic hydroxyl groups excluding tert-OH is 1. The highest BCUT2D eigenvalue weighted by Gasteiger charge is 2.02. The van der Waals surface area contributed by atoms with E-state index >= 15 is 0 Å². The number of halogens is 1. The highest BCUT2D eigenvalue weighted by Crippen LogP contribution is 2.24. The Morgan fingerprint density at radius 3 is 2.31 bits per heavy atom. The van der Waals surface area contributed by atoms with Gasteiger partial charge in [-0.1, -0.05) is 6.07 Å². The number of nitrogens with two attached hydrogens (primary N) is 1. The van der Waals surface area contributed by atoms with E-state index in [1.165, 1.54) is 12.1 Å². The molecule has 0 fully saturated rings. The minimum Gasteiger partial charge on any atom is -0.504 e. The van der Waals surface area contributed by atoms with E-state index in [2.05, 4.69) is 0 Å². The molecule has 13 heavy (non-hydrogen) atoms. The lowest BCUT2D eigenvalue weighted by molar-refractivity contribution is 0.183. The fraction of sp³-hybridized carbons (Fsp3) is 0.250. The zero-order valence-electron chi connectivity index (χ0n) is 6.84. The van der Waals surface area contributed by atoms with Crippen molar-refractivity contribution in [2.45, 2.75) is 12.6 Å². The third kappa shape index (κ3) is 3.63. The van der Waals surface area contributed by atoms with Gasteiger partial charge in [-0.2, -0.15) is 0 Å². The van der Waals surface area contributed by atoms with Gasteiger partial charge in [-0.3, -0.25) is 0 Å². The fourth-order valence-corrected chi connectivity index (χ4v) is 0.937. The van der Waals surface area contributed by atoms with Crippen LogP contribution in [-0.2, 0) is 6.42 Å². The zero-order valence-corrected chi connectivity index (χ0v) is 8.56. The monoisotopic (exact) mass is 249 g/mol. The first-order valence-corrected chi connectivity index (χ1v) is 3.54. The lowest BCUT2D eigenvalue weighted by Gasteiger charge is -2.05. The summed E-state index contributed by atoms with van der Waals surface area (Å²) in [6.45, 7) is 0. The summed E-state index contributed by atoms with van der Waals surface area (Å²) in [6.07, 6.45) is -0.678. The molecule has 1 aromatic rings. The average Bonchev–Trinajstić information content (AvgIpc) is 1.96. The fourth-order valence-electron chi connectivity index (χ4n) is 0.937. The Kier molecular flexibility index (Phi) is 4.76. The van der Waals surface area contributed by atoms with E-state index < -0.39 is 6.23 Å². The van der Waals surface area contributed by atoms with E-state index in [1.807, 2.05) is 0 Å². The van der Waals surface area contributed by atoms with Crippen LogP contribution in [0.3, 0.4) is 0 Å². The van der Waals surface area contributed by atoms with Gasteiger partial charge in [0.15, 0.2) is 11.5 Å². The summed E-state index contributed by atoms with van der Waals surface area (Å²) in [5, 5.41) is 26.8. The maximum Gasteiger partial charge on any atom is 0.157 e. The van der Waals surface area contributed by atoms with Crippen molar-refractivity contribution in [2.75, 3.05) is 0 Å². The van der Waals surface area contributed by atoms with Gasteiger partial charge in [-0.05, 0) is 17.7 Å². The minimum absolute atomic E-state index is 0. The molecule has 1 unspecified atom stereocenters. The van der Waals surface area contributed by atoms with Crippen molar-refractivity contribution in [2.24, 2.45) is 5.73 Å². The Balaban J connectivity index is 0.00000144. The molecule has 0 bridgehead atoms. The third-order valence-electron chi connectivity index (χ3n) is 1.48. The number of benzene rings is 1. The Hall–Kier alpha value is -0.780. The van der Waals surface area contributed by atoms with Crippen molar-refractivity contribution < 1.29 is 15.3 Å². The van der Waals surface area contributed by atoms with Crippen LogP contribution in [0.15, 0.2) is 18.2 Å². The second-order valence-electron chi connectivity index (χ2n) is 2.59. The van der Waals surface area contributed by atoms with Gasteiger partial charge >= 0.3 is 0 Å². The Bertz CT molecular complexity index is 278. The van der Waals surface area contributed by atoms with Gasteiger partial charge in [0.25, 0.3) is 0 Å². The summed E-state index contributed by atoms with van der Waals surface area (Å²) < 4.78 is 0. The largest absolute Gasteiger partial charge is 0.504 e. The third-order valence-corrected chi connectivity index (χ3v) is 1.48. The van der Waals surface area contributed by atoms with Crippen molar-refractivity contribution in [1.29, 1.82) is 0 Å². The number of aliphatic hydroxyl groups is 1. The molecule has 0 spiro atoms. The summed E-state index contributed by atoms with van der Waals surface area (Å²) in [6, 6.07) is 4.31. The predicted octanol–water partition coefficient (Wildman–Crippen LogP) is 0.495. The number of hydrogen-bond donors (Lipinski definition) is 4. The van der Waals surface area contributed by atoms with Crippen LogP contribution in [0.4, 0.5) is 0 Å². The lowest BCUT2D eigenvalue weighted by Crippen LogP contribution is -2.21. The molecule has 1 rings (SSSR count). The Morgan fingerprint density at radius 2 is 1.85 bits per heavy atom. The summed E-state index contributed by atoms with van der Waals surface area (Å²) in [5.74, 6) is -0.376. The van der Waals surface area contributed by atoms with E-state index in [4.69, 9.17) is 21.1 Å². The summed E-state index contributed by atoms with van der Waals surface area (Å²) in [5.41, 5.74) is 5.80. The van der Waals surface area contributed by atoms with Crippen LogP contribution in [-0.4, -0.2) is 21.5 Å². The van der Waals surface area contributed by atoms with Gasteiger partial charge in [0, 0.05) is 6.42 Å². The maximum atomic E-state index is 9.04. The highest BCUT2D eigenvalue weighted by molar-refractivity contribution is 8.93. The number of phenolic OH excluding ortho intramolecular Hbond substituents is 2. The highest BCUT2D eigenvalue weighted by atomic mass is 79.9. The zero-order chi connectivity index (χ0) is 9.14. The molecule has 0 radical (unpaired) electrons. The van der Waals surface area contributed by atoms with E-state index in [1.54, 1.807) is 6.07 Å². The molecule has 5 N–H and O–H groups in total. The molecule has 0 heterocycles. The van der Waals surface area contributed by atoms with Crippen LogP contribution >= 0.6 is 17.0 Å². The Labute approximate surface area is 86.4 Å². The first-order chi connectivity index (χ1) is 5.59. The van der Waals surface area contributed by atoms with Crippen molar-refractivity contribution in [3.05, 3.63) is 23.8 Å². The quantitative estimate of drug-likeness (QED) is 0.454. The van der Waals surface area contributed by atoms with Crippen LogP contribution in [0, 0.1) is 0 Å². The molecule has 74 valence electrons. The van der Waals surface area contributed by atoms with Crippen molar-refractivity contribution in [3.63, 3.8) is 0 Å². The molecule has 0 aromatic heterocycles. The molecule has 5 heteroatoms. The van der Waals surface area contributed by atoms with Gasteiger partial charge < -0.3 is 21.1 Å². The second kappa shape index (κ2) is 5.06. The van der Waals surface area contributed by atoms with E-state index in [0.29, 0.717) is 5.56 Å². The van der Waals surface area contributed by atoms with Gasteiger partial charge in [-0.25, -0.2) is 0 Å². The second-order valence-corrected chi connectivity index (χ2v) is 2.59. The molecule has 0 saturated carbocycles. The molecular weight excluding hydrogens is 238 g/mol. The predicted molar refractivity (Wildman–Crippen MR) is 54.0 cm³/mol. The molecule has 4 nitrogen and oxygen atoms in total. The number of aromatic hydroxyl groups is 2. The normalized spacial score (nSPS) is 11.8. The minimum atomic E-state index is -0.936. The van der Waals surface area contributed by atoms with Gasteiger partial charge in [0.2, 0.25) is 0 Å². The van der Waals surface area contributed by atoms with E-state index in [0.717, 1.165) is 0 Å². The van der Waals surface area contributed by atoms with E-state index in [-0.39, 0.29) is 34.9 Å². The van der Waals surface area contributed by atoms with Crippen LogP contribution in [0.25, 0.3) is 0 Å². The molecule has 1 atom stereocenters. The molecular formula is C8H12BrNO3. The SMILES string of the molecule is Br.NC(O)Cc1ccc(O)c(O)c1. The van der Waals surface area contributed by atoms with Crippen LogP contribution < -0.4 is 5.73 Å².